The van der Waals surface area contributed by atoms with Crippen LogP contribution in [0.5, 0.6) is 5.75 Å². The summed E-state index contributed by atoms with van der Waals surface area (Å²) in [6.45, 7) is 0.785. The number of ether oxygens (including phenoxy) is 1. The maximum atomic E-state index is 13.0. The zero-order valence-corrected chi connectivity index (χ0v) is 17.3. The molecule has 6 nitrogen and oxygen atoms in total. The van der Waals surface area contributed by atoms with Gasteiger partial charge in [0.2, 0.25) is 0 Å². The van der Waals surface area contributed by atoms with Crippen LogP contribution in [0.1, 0.15) is 46.4 Å². The van der Waals surface area contributed by atoms with Crippen molar-refractivity contribution in [1.82, 2.24) is 4.90 Å². The largest absolute Gasteiger partial charge is 0.495 e. The molecular formula is C22H24ClN3O3. The zero-order valence-electron chi connectivity index (χ0n) is 16.6. The highest BCUT2D eigenvalue weighted by Gasteiger charge is 2.36. The molecule has 0 aromatic heterocycles. The standard InChI is InChI=1S/C22H24ClN3O3/c1-25-18-12-14(21(27)24-15-8-10-19(29-2)17(23)13-15)7-9-16(18)22(28)26-11-5-3-4-6-20(25)26/h7-10,12-13,20H,3-6,11H2,1-2H3,(H,24,27). The number of hydrogen-bond acceptors (Lipinski definition) is 4. The number of methoxy groups -OCH3 is 1. The summed E-state index contributed by atoms with van der Waals surface area (Å²) in [4.78, 5) is 29.9. The van der Waals surface area contributed by atoms with E-state index in [1.165, 1.54) is 0 Å². The number of benzene rings is 2. The molecule has 1 saturated heterocycles. The Kier molecular flexibility index (Phi) is 5.37. The Morgan fingerprint density at radius 1 is 1.17 bits per heavy atom. The third kappa shape index (κ3) is 3.65. The summed E-state index contributed by atoms with van der Waals surface area (Å²) in [5.74, 6) is 0.351. The molecule has 0 radical (unpaired) electrons. The van der Waals surface area contributed by atoms with Gasteiger partial charge < -0.3 is 19.9 Å². The molecule has 0 bridgehead atoms. The number of carbonyl (C=O) groups is 2. The van der Waals surface area contributed by atoms with E-state index in [-0.39, 0.29) is 18.0 Å². The SMILES string of the molecule is COc1ccc(NC(=O)c2ccc3c(c2)N(C)C2CCCCCN2C3=O)cc1Cl. The van der Waals surface area contributed by atoms with Crippen molar-refractivity contribution in [3.8, 4) is 5.75 Å². The van der Waals surface area contributed by atoms with Crippen molar-refractivity contribution in [1.29, 1.82) is 0 Å². The van der Waals surface area contributed by atoms with E-state index in [0.717, 1.165) is 37.9 Å². The van der Waals surface area contributed by atoms with Gasteiger partial charge in [-0.2, -0.15) is 0 Å². The molecule has 1 unspecified atom stereocenters. The first-order chi connectivity index (χ1) is 14.0. The van der Waals surface area contributed by atoms with Crippen LogP contribution >= 0.6 is 11.6 Å². The first kappa shape index (κ1) is 19.6. The fourth-order valence-electron chi connectivity index (χ4n) is 4.14. The van der Waals surface area contributed by atoms with Crippen molar-refractivity contribution in [3.05, 3.63) is 52.5 Å². The average Bonchev–Trinajstić information content (AvgIpc) is 2.98. The molecule has 2 heterocycles. The van der Waals surface area contributed by atoms with Crippen molar-refractivity contribution in [2.75, 3.05) is 30.9 Å². The number of halogens is 1. The van der Waals surface area contributed by atoms with Crippen molar-refractivity contribution < 1.29 is 14.3 Å². The molecule has 0 aliphatic carbocycles. The summed E-state index contributed by atoms with van der Waals surface area (Å²) in [6.07, 6.45) is 4.28. The van der Waals surface area contributed by atoms with Crippen molar-refractivity contribution >= 4 is 34.8 Å². The molecule has 2 aliphatic rings. The van der Waals surface area contributed by atoms with Crippen molar-refractivity contribution in [2.45, 2.75) is 31.8 Å². The fourth-order valence-corrected chi connectivity index (χ4v) is 4.40. The topological polar surface area (TPSA) is 61.9 Å². The molecule has 1 atom stereocenters. The summed E-state index contributed by atoms with van der Waals surface area (Å²) in [5.41, 5.74) is 2.53. The van der Waals surface area contributed by atoms with E-state index in [0.29, 0.717) is 27.6 Å². The van der Waals surface area contributed by atoms with Gasteiger partial charge in [0, 0.05) is 24.8 Å². The summed E-state index contributed by atoms with van der Waals surface area (Å²) < 4.78 is 5.14. The second-order valence-electron chi connectivity index (χ2n) is 7.47. The lowest BCUT2D eigenvalue weighted by atomic mass is 10.0. The Hall–Kier alpha value is -2.73. The number of carbonyl (C=O) groups excluding carboxylic acids is 2. The Morgan fingerprint density at radius 2 is 2.00 bits per heavy atom. The summed E-state index contributed by atoms with van der Waals surface area (Å²) in [7, 11) is 3.54. The monoisotopic (exact) mass is 413 g/mol. The van der Waals surface area contributed by atoms with E-state index in [4.69, 9.17) is 16.3 Å². The third-order valence-corrected chi connectivity index (χ3v) is 6.00. The van der Waals surface area contributed by atoms with Crippen LogP contribution in [0.2, 0.25) is 5.02 Å². The van der Waals surface area contributed by atoms with Crippen LogP contribution in [0.3, 0.4) is 0 Å². The average molecular weight is 414 g/mol. The van der Waals surface area contributed by atoms with Gasteiger partial charge in [-0.3, -0.25) is 9.59 Å². The van der Waals surface area contributed by atoms with Crippen molar-refractivity contribution in [3.63, 3.8) is 0 Å². The smallest absolute Gasteiger partial charge is 0.257 e. The molecule has 1 N–H and O–H groups in total. The maximum Gasteiger partial charge on any atom is 0.257 e. The Bertz CT molecular complexity index is 962. The molecule has 152 valence electrons. The third-order valence-electron chi connectivity index (χ3n) is 5.71. The number of fused-ring (bicyclic) bond motifs is 2. The second-order valence-corrected chi connectivity index (χ2v) is 7.88. The quantitative estimate of drug-likeness (QED) is 0.810. The van der Waals surface area contributed by atoms with Gasteiger partial charge in [0.05, 0.1) is 23.4 Å². The van der Waals surface area contributed by atoms with Gasteiger partial charge in [-0.1, -0.05) is 18.0 Å². The van der Waals surface area contributed by atoms with E-state index in [1.54, 1.807) is 43.5 Å². The molecule has 2 amide bonds. The van der Waals surface area contributed by atoms with E-state index in [9.17, 15) is 9.59 Å². The molecule has 29 heavy (non-hydrogen) atoms. The highest BCUT2D eigenvalue weighted by Crippen LogP contribution is 2.34. The number of hydrogen-bond donors (Lipinski definition) is 1. The van der Waals surface area contributed by atoms with Crippen LogP contribution in [0, 0.1) is 0 Å². The van der Waals surface area contributed by atoms with Gasteiger partial charge in [0.15, 0.2) is 0 Å². The molecule has 2 aromatic rings. The molecular weight excluding hydrogens is 390 g/mol. The van der Waals surface area contributed by atoms with E-state index < -0.39 is 0 Å². The second kappa shape index (κ2) is 7.95. The Labute approximate surface area is 175 Å². The van der Waals surface area contributed by atoms with Gasteiger partial charge in [-0.15, -0.1) is 0 Å². The van der Waals surface area contributed by atoms with E-state index >= 15 is 0 Å². The van der Waals surface area contributed by atoms with Crippen LogP contribution in [-0.2, 0) is 0 Å². The number of amides is 2. The predicted octanol–water partition coefficient (Wildman–Crippen LogP) is 4.39. The molecule has 2 aliphatic heterocycles. The number of rotatable bonds is 3. The van der Waals surface area contributed by atoms with E-state index in [2.05, 4.69) is 10.2 Å². The highest BCUT2D eigenvalue weighted by molar-refractivity contribution is 6.32. The lowest BCUT2D eigenvalue weighted by Crippen LogP contribution is -2.53. The normalized spacial score (nSPS) is 18.6. The summed E-state index contributed by atoms with van der Waals surface area (Å²) >= 11 is 6.14. The van der Waals surface area contributed by atoms with Gasteiger partial charge >= 0.3 is 0 Å². The van der Waals surface area contributed by atoms with Gasteiger partial charge in [-0.05, 0) is 55.7 Å². The predicted molar refractivity (Wildman–Crippen MR) is 114 cm³/mol. The number of nitrogens with zero attached hydrogens (tertiary/aromatic N) is 2. The molecule has 2 aromatic carbocycles. The lowest BCUT2D eigenvalue weighted by molar-refractivity contribution is 0.0661. The highest BCUT2D eigenvalue weighted by atomic mass is 35.5. The van der Waals surface area contributed by atoms with Crippen LogP contribution < -0.4 is 15.0 Å². The molecule has 7 heteroatoms. The Balaban J connectivity index is 1.60. The minimum atomic E-state index is -0.252. The minimum absolute atomic E-state index is 0.0520. The fraction of sp³-hybridized carbons (Fsp3) is 0.364. The minimum Gasteiger partial charge on any atom is -0.495 e. The van der Waals surface area contributed by atoms with Crippen molar-refractivity contribution in [2.24, 2.45) is 0 Å². The van der Waals surface area contributed by atoms with Gasteiger partial charge in [0.1, 0.15) is 11.9 Å². The molecule has 1 fully saturated rings. The van der Waals surface area contributed by atoms with Crippen LogP contribution in [-0.4, -0.2) is 43.6 Å². The van der Waals surface area contributed by atoms with Gasteiger partial charge in [0.25, 0.3) is 11.8 Å². The molecule has 4 rings (SSSR count). The van der Waals surface area contributed by atoms with Crippen LogP contribution in [0.4, 0.5) is 11.4 Å². The first-order valence-corrected chi connectivity index (χ1v) is 10.2. The number of nitrogens with one attached hydrogen (secondary N) is 1. The van der Waals surface area contributed by atoms with Gasteiger partial charge in [-0.25, -0.2) is 0 Å². The summed E-state index contributed by atoms with van der Waals surface area (Å²) in [6, 6.07) is 10.3. The Morgan fingerprint density at radius 3 is 2.76 bits per heavy atom. The maximum absolute atomic E-state index is 13.0. The number of anilines is 2. The van der Waals surface area contributed by atoms with Crippen LogP contribution in [0.25, 0.3) is 0 Å². The molecule has 0 spiro atoms. The zero-order chi connectivity index (χ0) is 20.5. The molecule has 0 saturated carbocycles. The van der Waals surface area contributed by atoms with E-state index in [1.807, 2.05) is 11.9 Å². The summed E-state index contributed by atoms with van der Waals surface area (Å²) in [5, 5.41) is 3.28. The van der Waals surface area contributed by atoms with Crippen LogP contribution in [0.15, 0.2) is 36.4 Å². The lowest BCUT2D eigenvalue weighted by Gasteiger charge is -2.43. The first-order valence-electron chi connectivity index (χ1n) is 9.82.